The number of carbonyl (C=O) groups excluding carboxylic acids is 2. The maximum atomic E-state index is 11.3. The molecule has 0 radical (unpaired) electrons. The summed E-state index contributed by atoms with van der Waals surface area (Å²) >= 11 is 0. The van der Waals surface area contributed by atoms with Crippen molar-refractivity contribution in [3.63, 3.8) is 0 Å². The predicted molar refractivity (Wildman–Crippen MR) is 53.2 cm³/mol. The number of hydrogen-bond donors (Lipinski definition) is 4. The zero-order chi connectivity index (χ0) is 12.1. The molecule has 0 aromatic heterocycles. The first-order valence-electron chi connectivity index (χ1n) is 5.04. The quantitative estimate of drug-likeness (QED) is 0.426. The molecule has 5 N–H and O–H groups in total. The van der Waals surface area contributed by atoms with E-state index in [1.807, 2.05) is 0 Å². The third-order valence-corrected chi connectivity index (χ3v) is 2.35. The van der Waals surface area contributed by atoms with Gasteiger partial charge in [-0.25, -0.2) is 0 Å². The highest BCUT2D eigenvalue weighted by molar-refractivity contribution is 5.86. The van der Waals surface area contributed by atoms with Crippen molar-refractivity contribution in [2.45, 2.75) is 31.2 Å². The lowest BCUT2D eigenvalue weighted by atomic mass is 10.0. The van der Waals surface area contributed by atoms with Crippen molar-refractivity contribution < 1.29 is 24.5 Å². The molecule has 0 spiro atoms. The summed E-state index contributed by atoms with van der Waals surface area (Å²) in [4.78, 5) is 21.7. The molecule has 0 aliphatic carbocycles. The SMILES string of the molecule is NC(=O)CNC(=O)C(O)C1CC(O)CCO1. The van der Waals surface area contributed by atoms with E-state index in [-0.39, 0.29) is 13.0 Å². The standard InChI is InChI=1S/C9H16N2O5/c10-7(13)4-11-9(15)8(14)6-3-5(12)1-2-16-6/h5-6,8,12,14H,1-4H2,(H2,10,13)(H,11,15). The first-order chi connectivity index (χ1) is 7.50. The van der Waals surface area contributed by atoms with Crippen LogP contribution < -0.4 is 11.1 Å². The molecule has 1 fully saturated rings. The minimum absolute atomic E-state index is 0.200. The van der Waals surface area contributed by atoms with Crippen LogP contribution in [0.4, 0.5) is 0 Å². The molecule has 7 nitrogen and oxygen atoms in total. The van der Waals surface area contributed by atoms with Gasteiger partial charge in [0.15, 0.2) is 6.10 Å². The fraction of sp³-hybridized carbons (Fsp3) is 0.778. The lowest BCUT2D eigenvalue weighted by molar-refractivity contribution is -0.146. The number of primary amides is 1. The first-order valence-corrected chi connectivity index (χ1v) is 5.04. The van der Waals surface area contributed by atoms with Crippen LogP contribution in [0.15, 0.2) is 0 Å². The smallest absolute Gasteiger partial charge is 0.251 e. The Morgan fingerprint density at radius 1 is 1.56 bits per heavy atom. The normalized spacial score (nSPS) is 27.1. The summed E-state index contributed by atoms with van der Waals surface area (Å²) in [5.74, 6) is -1.41. The highest BCUT2D eigenvalue weighted by atomic mass is 16.5. The summed E-state index contributed by atoms with van der Waals surface area (Å²) in [6.07, 6.45) is -2.01. The fourth-order valence-corrected chi connectivity index (χ4v) is 1.48. The van der Waals surface area contributed by atoms with Crippen molar-refractivity contribution >= 4 is 11.8 Å². The van der Waals surface area contributed by atoms with Crippen LogP contribution >= 0.6 is 0 Å². The number of aliphatic hydroxyl groups excluding tert-OH is 2. The Kier molecular flexibility index (Phi) is 4.66. The second kappa shape index (κ2) is 5.78. The van der Waals surface area contributed by atoms with Crippen LogP contribution in [0.5, 0.6) is 0 Å². The first kappa shape index (κ1) is 12.9. The highest BCUT2D eigenvalue weighted by Crippen LogP contribution is 2.16. The summed E-state index contributed by atoms with van der Waals surface area (Å²) in [6, 6.07) is 0. The molecule has 2 amide bonds. The number of nitrogens with one attached hydrogen (secondary N) is 1. The molecule has 1 aliphatic rings. The summed E-state index contributed by atoms with van der Waals surface area (Å²) in [6.45, 7) is -0.0306. The van der Waals surface area contributed by atoms with Crippen LogP contribution in [0.1, 0.15) is 12.8 Å². The molecule has 0 bridgehead atoms. The second-order valence-electron chi connectivity index (χ2n) is 3.72. The van der Waals surface area contributed by atoms with Crippen molar-refractivity contribution in [2.24, 2.45) is 5.73 Å². The minimum atomic E-state index is -1.39. The van der Waals surface area contributed by atoms with Crippen molar-refractivity contribution in [3.05, 3.63) is 0 Å². The van der Waals surface area contributed by atoms with Gasteiger partial charge >= 0.3 is 0 Å². The van der Waals surface area contributed by atoms with Gasteiger partial charge in [-0.2, -0.15) is 0 Å². The van der Waals surface area contributed by atoms with Gasteiger partial charge < -0.3 is 26.0 Å². The lowest BCUT2D eigenvalue weighted by Gasteiger charge is -2.29. The van der Waals surface area contributed by atoms with Crippen molar-refractivity contribution in [3.8, 4) is 0 Å². The minimum Gasteiger partial charge on any atom is -0.393 e. The number of ether oxygens (including phenoxy) is 1. The maximum Gasteiger partial charge on any atom is 0.251 e. The van der Waals surface area contributed by atoms with Crippen molar-refractivity contribution in [2.75, 3.05) is 13.2 Å². The largest absolute Gasteiger partial charge is 0.393 e. The van der Waals surface area contributed by atoms with E-state index in [4.69, 9.17) is 10.5 Å². The van der Waals surface area contributed by atoms with Gasteiger partial charge in [0.25, 0.3) is 5.91 Å². The topological polar surface area (TPSA) is 122 Å². The van der Waals surface area contributed by atoms with Gasteiger partial charge in [0.05, 0.1) is 18.8 Å². The van der Waals surface area contributed by atoms with E-state index in [0.29, 0.717) is 13.0 Å². The van der Waals surface area contributed by atoms with Crippen LogP contribution in [0.25, 0.3) is 0 Å². The van der Waals surface area contributed by atoms with E-state index < -0.39 is 30.1 Å². The van der Waals surface area contributed by atoms with Gasteiger partial charge in [0, 0.05) is 13.0 Å². The van der Waals surface area contributed by atoms with Crippen LogP contribution in [-0.4, -0.2) is 53.5 Å². The summed E-state index contributed by atoms with van der Waals surface area (Å²) in [5.41, 5.74) is 4.83. The predicted octanol–water partition coefficient (Wildman–Crippen LogP) is -2.51. The third kappa shape index (κ3) is 3.76. The van der Waals surface area contributed by atoms with Gasteiger partial charge in [-0.1, -0.05) is 0 Å². The molecule has 0 aromatic rings. The molecule has 1 rings (SSSR count). The monoisotopic (exact) mass is 232 g/mol. The summed E-state index contributed by atoms with van der Waals surface area (Å²) in [7, 11) is 0. The number of hydrogen-bond acceptors (Lipinski definition) is 5. The number of carbonyl (C=O) groups is 2. The Balaban J connectivity index is 2.39. The van der Waals surface area contributed by atoms with Crippen molar-refractivity contribution in [1.29, 1.82) is 0 Å². The average molecular weight is 232 g/mol. The fourth-order valence-electron chi connectivity index (χ4n) is 1.48. The zero-order valence-electron chi connectivity index (χ0n) is 8.76. The van der Waals surface area contributed by atoms with E-state index >= 15 is 0 Å². The molecule has 3 unspecified atom stereocenters. The Labute approximate surface area is 92.6 Å². The molecule has 3 atom stereocenters. The molecule has 0 aromatic carbocycles. The van der Waals surface area contributed by atoms with E-state index in [1.165, 1.54) is 0 Å². The van der Waals surface area contributed by atoms with Gasteiger partial charge in [0.1, 0.15) is 0 Å². The van der Waals surface area contributed by atoms with E-state index in [1.54, 1.807) is 0 Å². The van der Waals surface area contributed by atoms with Crippen molar-refractivity contribution in [1.82, 2.24) is 5.32 Å². The molecule has 16 heavy (non-hydrogen) atoms. The number of amides is 2. The van der Waals surface area contributed by atoms with E-state index in [2.05, 4.69) is 5.32 Å². The maximum absolute atomic E-state index is 11.3. The lowest BCUT2D eigenvalue weighted by Crippen LogP contribution is -2.48. The molecular weight excluding hydrogens is 216 g/mol. The molecule has 0 saturated carbocycles. The summed E-state index contributed by atoms with van der Waals surface area (Å²) < 4.78 is 5.15. The molecule has 92 valence electrons. The molecule has 1 aliphatic heterocycles. The number of aliphatic hydroxyl groups is 2. The van der Waals surface area contributed by atoms with E-state index in [9.17, 15) is 19.8 Å². The molecular formula is C9H16N2O5. The van der Waals surface area contributed by atoms with Crippen LogP contribution in [0.2, 0.25) is 0 Å². The van der Waals surface area contributed by atoms with Gasteiger partial charge in [0.2, 0.25) is 5.91 Å². The molecule has 1 saturated heterocycles. The van der Waals surface area contributed by atoms with Crippen LogP contribution in [0, 0.1) is 0 Å². The third-order valence-electron chi connectivity index (χ3n) is 2.35. The molecule has 1 heterocycles. The van der Waals surface area contributed by atoms with E-state index in [0.717, 1.165) is 0 Å². The average Bonchev–Trinajstić information content (AvgIpc) is 2.24. The Morgan fingerprint density at radius 2 is 2.25 bits per heavy atom. The Bertz CT molecular complexity index is 271. The molecule has 7 heteroatoms. The summed E-state index contributed by atoms with van der Waals surface area (Å²) in [5, 5.41) is 21.1. The second-order valence-corrected chi connectivity index (χ2v) is 3.72. The van der Waals surface area contributed by atoms with Crippen LogP contribution in [-0.2, 0) is 14.3 Å². The van der Waals surface area contributed by atoms with Gasteiger partial charge in [-0.05, 0) is 6.42 Å². The Morgan fingerprint density at radius 3 is 2.81 bits per heavy atom. The van der Waals surface area contributed by atoms with Gasteiger partial charge in [-0.15, -0.1) is 0 Å². The zero-order valence-corrected chi connectivity index (χ0v) is 8.76. The number of rotatable bonds is 4. The van der Waals surface area contributed by atoms with Crippen LogP contribution in [0.3, 0.4) is 0 Å². The highest BCUT2D eigenvalue weighted by Gasteiger charge is 2.31. The Hall–Kier alpha value is -1.18. The number of nitrogens with two attached hydrogens (primary N) is 1. The van der Waals surface area contributed by atoms with Gasteiger partial charge in [-0.3, -0.25) is 9.59 Å².